The van der Waals surface area contributed by atoms with E-state index in [1.807, 2.05) is 18.2 Å². The van der Waals surface area contributed by atoms with Crippen molar-refractivity contribution in [2.75, 3.05) is 46.6 Å². The third-order valence-corrected chi connectivity index (χ3v) is 4.62. The van der Waals surface area contributed by atoms with Crippen molar-refractivity contribution in [3.8, 4) is 0 Å². The van der Waals surface area contributed by atoms with E-state index in [4.69, 9.17) is 21.1 Å². The molecule has 0 bridgehead atoms. The molecule has 23 heavy (non-hydrogen) atoms. The van der Waals surface area contributed by atoms with E-state index in [1.165, 1.54) is 0 Å². The summed E-state index contributed by atoms with van der Waals surface area (Å²) in [5.41, 5.74) is 0.941. The molecule has 0 spiro atoms. The van der Waals surface area contributed by atoms with Crippen LogP contribution in [0.2, 0.25) is 5.02 Å². The molecule has 1 aliphatic rings. The second-order valence-corrected chi connectivity index (χ2v) is 6.23. The van der Waals surface area contributed by atoms with Crippen molar-refractivity contribution in [3.05, 3.63) is 34.9 Å². The summed E-state index contributed by atoms with van der Waals surface area (Å²) < 4.78 is 10.4. The molecule has 1 heterocycles. The van der Waals surface area contributed by atoms with Gasteiger partial charge < -0.3 is 20.1 Å². The second-order valence-electron chi connectivity index (χ2n) is 5.82. The Bertz CT molecular complexity index is 504. The van der Waals surface area contributed by atoms with Crippen LogP contribution >= 0.6 is 11.6 Å². The van der Waals surface area contributed by atoms with Crippen molar-refractivity contribution >= 4 is 17.5 Å². The molecular weight excluding hydrogens is 316 g/mol. The Morgan fingerprint density at radius 3 is 2.78 bits per heavy atom. The molecule has 1 aliphatic heterocycles. The molecule has 0 aliphatic carbocycles. The lowest BCUT2D eigenvalue weighted by Crippen LogP contribution is -2.46. The Labute approximate surface area is 142 Å². The van der Waals surface area contributed by atoms with Crippen LogP contribution in [0.1, 0.15) is 18.4 Å². The smallest absolute Gasteiger partial charge is 0.233 e. The Balaban J connectivity index is 1.97. The maximum atomic E-state index is 12.0. The molecule has 1 aromatic carbocycles. The zero-order valence-electron chi connectivity index (χ0n) is 13.6. The highest BCUT2D eigenvalue weighted by Gasteiger charge is 2.36. The highest BCUT2D eigenvalue weighted by molar-refractivity contribution is 6.31. The number of methoxy groups -OCH3 is 1. The average molecular weight is 341 g/mol. The topological polar surface area (TPSA) is 59.6 Å². The largest absolute Gasteiger partial charge is 0.383 e. The molecule has 128 valence electrons. The number of carbonyl (C=O) groups is 1. The van der Waals surface area contributed by atoms with Crippen LogP contribution in [-0.2, 0) is 19.7 Å². The van der Waals surface area contributed by atoms with Gasteiger partial charge in [0.2, 0.25) is 5.91 Å². The Morgan fingerprint density at radius 1 is 1.35 bits per heavy atom. The first-order chi connectivity index (χ1) is 11.2. The van der Waals surface area contributed by atoms with Crippen LogP contribution in [0, 0.1) is 0 Å². The molecule has 1 saturated heterocycles. The first kappa shape index (κ1) is 18.2. The van der Waals surface area contributed by atoms with Crippen LogP contribution in [-0.4, -0.2) is 52.5 Å². The normalized spacial score (nSPS) is 17.0. The number of hydrogen-bond donors (Lipinski definition) is 2. The number of hydrogen-bond acceptors (Lipinski definition) is 4. The van der Waals surface area contributed by atoms with Crippen LogP contribution in [0.5, 0.6) is 0 Å². The van der Waals surface area contributed by atoms with Crippen molar-refractivity contribution in [2.45, 2.75) is 18.3 Å². The van der Waals surface area contributed by atoms with Gasteiger partial charge in [-0.05, 0) is 24.5 Å². The fourth-order valence-corrected chi connectivity index (χ4v) is 3.24. The van der Waals surface area contributed by atoms with E-state index in [0.29, 0.717) is 39.5 Å². The van der Waals surface area contributed by atoms with Crippen molar-refractivity contribution in [2.24, 2.45) is 0 Å². The summed E-state index contributed by atoms with van der Waals surface area (Å²) in [4.78, 5) is 12.0. The van der Waals surface area contributed by atoms with E-state index in [2.05, 4.69) is 16.7 Å². The van der Waals surface area contributed by atoms with Crippen LogP contribution in [0.3, 0.4) is 0 Å². The van der Waals surface area contributed by atoms with Gasteiger partial charge in [-0.25, -0.2) is 0 Å². The first-order valence-corrected chi connectivity index (χ1v) is 8.35. The van der Waals surface area contributed by atoms with Crippen molar-refractivity contribution < 1.29 is 14.3 Å². The van der Waals surface area contributed by atoms with E-state index in [-0.39, 0.29) is 11.3 Å². The summed E-state index contributed by atoms with van der Waals surface area (Å²) >= 11 is 6.40. The Kier molecular flexibility index (Phi) is 7.30. The highest BCUT2D eigenvalue weighted by atomic mass is 35.5. The molecule has 1 amide bonds. The number of amides is 1. The van der Waals surface area contributed by atoms with Gasteiger partial charge in [0.1, 0.15) is 0 Å². The molecule has 1 fully saturated rings. The number of carbonyl (C=O) groups excluding carboxylic acids is 1. The maximum Gasteiger partial charge on any atom is 0.233 e. The minimum Gasteiger partial charge on any atom is -0.383 e. The lowest BCUT2D eigenvalue weighted by atomic mass is 9.74. The van der Waals surface area contributed by atoms with E-state index in [0.717, 1.165) is 23.4 Å². The van der Waals surface area contributed by atoms with Gasteiger partial charge in [-0.15, -0.1) is 0 Å². The van der Waals surface area contributed by atoms with Gasteiger partial charge in [0.05, 0.1) is 13.2 Å². The standard InChI is InChI=1S/C17H25ClN2O3/c1-22-11-8-19-12-16(21)20-13-17(6-9-23-10-7-17)14-4-2-3-5-15(14)18/h2-5,19H,6-13H2,1H3,(H,20,21). The average Bonchev–Trinajstić information content (AvgIpc) is 2.58. The van der Waals surface area contributed by atoms with E-state index in [1.54, 1.807) is 7.11 Å². The molecule has 6 heteroatoms. The summed E-state index contributed by atoms with van der Waals surface area (Å²) in [6.07, 6.45) is 1.71. The zero-order valence-corrected chi connectivity index (χ0v) is 14.3. The third-order valence-electron chi connectivity index (χ3n) is 4.29. The lowest BCUT2D eigenvalue weighted by molar-refractivity contribution is -0.120. The summed E-state index contributed by atoms with van der Waals surface area (Å²) in [5, 5.41) is 6.84. The molecule has 0 unspecified atom stereocenters. The number of nitrogens with one attached hydrogen (secondary N) is 2. The molecule has 0 atom stereocenters. The number of ether oxygens (including phenoxy) is 2. The maximum absolute atomic E-state index is 12.0. The fourth-order valence-electron chi connectivity index (χ4n) is 2.90. The quantitative estimate of drug-likeness (QED) is 0.708. The van der Waals surface area contributed by atoms with Gasteiger partial charge >= 0.3 is 0 Å². The molecular formula is C17H25ClN2O3. The zero-order chi connectivity index (χ0) is 16.5. The number of rotatable bonds is 8. The molecule has 0 aromatic heterocycles. The predicted octanol–water partition coefficient (Wildman–Crippen LogP) is 1.74. The molecule has 1 aromatic rings. The Morgan fingerprint density at radius 2 is 2.09 bits per heavy atom. The molecule has 2 N–H and O–H groups in total. The third kappa shape index (κ3) is 5.18. The summed E-state index contributed by atoms with van der Waals surface area (Å²) in [7, 11) is 1.64. The van der Waals surface area contributed by atoms with Gasteiger partial charge in [0.15, 0.2) is 0 Å². The monoisotopic (exact) mass is 340 g/mol. The minimum atomic E-state index is -0.154. The number of benzene rings is 1. The van der Waals surface area contributed by atoms with Crippen LogP contribution in [0.15, 0.2) is 24.3 Å². The van der Waals surface area contributed by atoms with Gasteiger partial charge in [-0.2, -0.15) is 0 Å². The second kappa shape index (κ2) is 9.23. The first-order valence-electron chi connectivity index (χ1n) is 7.97. The van der Waals surface area contributed by atoms with Crippen LogP contribution in [0.4, 0.5) is 0 Å². The molecule has 5 nitrogen and oxygen atoms in total. The molecule has 0 saturated carbocycles. The SMILES string of the molecule is COCCNCC(=O)NCC1(c2ccccc2Cl)CCOCC1. The predicted molar refractivity (Wildman–Crippen MR) is 90.9 cm³/mol. The summed E-state index contributed by atoms with van der Waals surface area (Å²) in [5.74, 6) is -0.0148. The van der Waals surface area contributed by atoms with Gasteiger partial charge in [-0.1, -0.05) is 29.8 Å². The van der Waals surface area contributed by atoms with Crippen molar-refractivity contribution in [1.29, 1.82) is 0 Å². The van der Waals surface area contributed by atoms with Crippen molar-refractivity contribution in [1.82, 2.24) is 10.6 Å². The van der Waals surface area contributed by atoms with Gasteiger partial charge in [-0.3, -0.25) is 4.79 Å². The van der Waals surface area contributed by atoms with Gasteiger partial charge in [0.25, 0.3) is 0 Å². The Hall–Kier alpha value is -1.14. The fraction of sp³-hybridized carbons (Fsp3) is 0.588. The summed E-state index contributed by atoms with van der Waals surface area (Å²) in [6.45, 7) is 3.49. The van der Waals surface area contributed by atoms with E-state index < -0.39 is 0 Å². The van der Waals surface area contributed by atoms with Crippen LogP contribution < -0.4 is 10.6 Å². The van der Waals surface area contributed by atoms with Gasteiger partial charge in [0, 0.05) is 43.9 Å². The van der Waals surface area contributed by atoms with E-state index in [9.17, 15) is 4.79 Å². The van der Waals surface area contributed by atoms with Crippen LogP contribution in [0.25, 0.3) is 0 Å². The van der Waals surface area contributed by atoms with Crippen molar-refractivity contribution in [3.63, 3.8) is 0 Å². The summed E-state index contributed by atoms with van der Waals surface area (Å²) in [6, 6.07) is 7.88. The highest BCUT2D eigenvalue weighted by Crippen LogP contribution is 2.38. The minimum absolute atomic E-state index is 0.0148. The lowest BCUT2D eigenvalue weighted by Gasteiger charge is -2.38. The molecule has 0 radical (unpaired) electrons. The molecule has 2 rings (SSSR count). The number of halogens is 1. The van der Waals surface area contributed by atoms with E-state index >= 15 is 0 Å².